The molecule has 2 aromatic heterocycles. The second kappa shape index (κ2) is 7.68. The maximum Gasteiger partial charge on any atom is 0.253 e. The molecule has 2 fully saturated rings. The van der Waals surface area contributed by atoms with Crippen LogP contribution in [-0.2, 0) is 11.3 Å². The van der Waals surface area contributed by atoms with Crippen molar-refractivity contribution in [3.8, 4) is 0 Å². The number of hydrogen-bond donors (Lipinski definition) is 1. The predicted octanol–water partition coefficient (Wildman–Crippen LogP) is 2.19. The monoisotopic (exact) mass is 394 g/mol. The maximum absolute atomic E-state index is 13.1. The number of H-pyrrole nitrogens is 1. The van der Waals surface area contributed by atoms with E-state index in [-0.39, 0.29) is 17.7 Å². The summed E-state index contributed by atoms with van der Waals surface area (Å²) in [7, 11) is 0. The van der Waals surface area contributed by atoms with E-state index in [4.69, 9.17) is 4.74 Å². The molecule has 0 aliphatic carbocycles. The number of nitrogens with zero attached hydrogens (tertiary/aromatic N) is 5. The molecule has 2 saturated heterocycles. The first-order valence-electron chi connectivity index (χ1n) is 10.4. The lowest BCUT2D eigenvalue weighted by atomic mass is 10.0. The van der Waals surface area contributed by atoms with Crippen molar-refractivity contribution in [2.24, 2.45) is 0 Å². The predicted molar refractivity (Wildman–Crippen MR) is 109 cm³/mol. The smallest absolute Gasteiger partial charge is 0.253 e. The lowest BCUT2D eigenvalue weighted by Crippen LogP contribution is -2.34. The third-order valence-corrected chi connectivity index (χ3v) is 6.12. The second-order valence-electron chi connectivity index (χ2n) is 8.09. The Labute approximate surface area is 168 Å². The number of pyridine rings is 1. The van der Waals surface area contributed by atoms with Gasteiger partial charge in [0, 0.05) is 12.2 Å². The summed E-state index contributed by atoms with van der Waals surface area (Å²) in [5.74, 6) is 0.722. The molecule has 0 spiro atoms. The Hall–Kier alpha value is -2.58. The first-order chi connectivity index (χ1) is 14.2. The van der Waals surface area contributed by atoms with Gasteiger partial charge in [-0.3, -0.25) is 9.69 Å². The van der Waals surface area contributed by atoms with Gasteiger partial charge in [-0.15, -0.1) is 5.10 Å². The number of para-hydroxylation sites is 1. The first-order valence-corrected chi connectivity index (χ1v) is 10.4. The summed E-state index contributed by atoms with van der Waals surface area (Å²) in [6, 6.07) is 7.82. The van der Waals surface area contributed by atoms with Gasteiger partial charge in [0.25, 0.3) is 5.56 Å². The number of likely N-dealkylation sites (tertiary alicyclic amines) is 1. The molecule has 0 unspecified atom stereocenters. The zero-order valence-corrected chi connectivity index (χ0v) is 16.7. The van der Waals surface area contributed by atoms with E-state index < -0.39 is 0 Å². The number of rotatable bonds is 5. The van der Waals surface area contributed by atoms with E-state index in [2.05, 4.69) is 25.4 Å². The molecule has 0 radical (unpaired) electrons. The Bertz CT molecular complexity index is 1060. The van der Waals surface area contributed by atoms with E-state index in [1.165, 1.54) is 0 Å². The standard InChI is InChI=1S/C21H26N6O2/c1-14-6-4-7-15-12-17(21(28)22-18(14)15)19(26-9-2-3-10-26)20-23-24-25-27(20)13-16-8-5-11-29-16/h4,6-7,12,16,19H,2-3,5,8-11,13H2,1H3,(H,22,28)/t16-,19-/m1/s1. The van der Waals surface area contributed by atoms with Crippen molar-refractivity contribution in [3.05, 3.63) is 51.6 Å². The Kier molecular flexibility index (Phi) is 4.89. The second-order valence-corrected chi connectivity index (χ2v) is 8.09. The van der Waals surface area contributed by atoms with Crippen LogP contribution in [-0.4, -0.2) is 55.9 Å². The summed E-state index contributed by atoms with van der Waals surface area (Å²) < 4.78 is 7.62. The van der Waals surface area contributed by atoms with Gasteiger partial charge in [-0.05, 0) is 73.1 Å². The lowest BCUT2D eigenvalue weighted by Gasteiger charge is -2.27. The average Bonchev–Trinajstić information content (AvgIpc) is 3.48. The number of ether oxygens (including phenoxy) is 1. The fourth-order valence-electron chi connectivity index (χ4n) is 4.62. The molecule has 29 heavy (non-hydrogen) atoms. The molecule has 0 bridgehead atoms. The van der Waals surface area contributed by atoms with Crippen LogP contribution in [0.15, 0.2) is 29.1 Å². The van der Waals surface area contributed by atoms with E-state index in [9.17, 15) is 4.79 Å². The van der Waals surface area contributed by atoms with Crippen molar-refractivity contribution < 1.29 is 4.74 Å². The summed E-state index contributed by atoms with van der Waals surface area (Å²) in [5, 5.41) is 13.6. The van der Waals surface area contributed by atoms with Gasteiger partial charge in [-0.1, -0.05) is 18.2 Å². The Morgan fingerprint density at radius 1 is 1.28 bits per heavy atom. The molecule has 3 aromatic rings. The average molecular weight is 394 g/mol. The number of aromatic nitrogens is 5. The van der Waals surface area contributed by atoms with Crippen LogP contribution >= 0.6 is 0 Å². The molecule has 0 amide bonds. The molecule has 5 rings (SSSR count). The molecule has 152 valence electrons. The fraction of sp³-hybridized carbons (Fsp3) is 0.524. The third-order valence-electron chi connectivity index (χ3n) is 6.12. The highest BCUT2D eigenvalue weighted by Gasteiger charge is 2.32. The van der Waals surface area contributed by atoms with Gasteiger partial charge in [0.2, 0.25) is 0 Å². The van der Waals surface area contributed by atoms with Crippen LogP contribution in [0.2, 0.25) is 0 Å². The van der Waals surface area contributed by atoms with Crippen LogP contribution in [0.1, 0.15) is 48.7 Å². The third kappa shape index (κ3) is 3.47. The molecule has 2 atom stereocenters. The maximum atomic E-state index is 13.1. The largest absolute Gasteiger partial charge is 0.376 e. The number of hydrogen-bond acceptors (Lipinski definition) is 6. The molecular weight excluding hydrogens is 368 g/mol. The van der Waals surface area contributed by atoms with Crippen molar-refractivity contribution >= 4 is 10.9 Å². The SMILES string of the molecule is Cc1cccc2cc([C@H](c3nnnn3C[C@H]3CCCO3)N3CCCC3)c(=O)[nH]c12. The molecule has 2 aliphatic rings. The number of aromatic amines is 1. The topological polar surface area (TPSA) is 88.9 Å². The highest BCUT2D eigenvalue weighted by atomic mass is 16.5. The van der Waals surface area contributed by atoms with E-state index in [0.717, 1.165) is 67.7 Å². The van der Waals surface area contributed by atoms with Crippen LogP contribution in [0, 0.1) is 6.92 Å². The van der Waals surface area contributed by atoms with Gasteiger partial charge in [-0.2, -0.15) is 0 Å². The van der Waals surface area contributed by atoms with Crippen molar-refractivity contribution in [2.75, 3.05) is 19.7 Å². The minimum absolute atomic E-state index is 0.0737. The zero-order chi connectivity index (χ0) is 19.8. The van der Waals surface area contributed by atoms with Crippen molar-refractivity contribution in [1.82, 2.24) is 30.1 Å². The van der Waals surface area contributed by atoms with Crippen molar-refractivity contribution in [1.29, 1.82) is 0 Å². The molecule has 8 nitrogen and oxygen atoms in total. The Balaban J connectivity index is 1.60. The van der Waals surface area contributed by atoms with Crippen LogP contribution in [0.4, 0.5) is 0 Å². The number of aryl methyl sites for hydroxylation is 1. The van der Waals surface area contributed by atoms with Crippen molar-refractivity contribution in [3.63, 3.8) is 0 Å². The number of fused-ring (bicyclic) bond motifs is 1. The van der Waals surface area contributed by atoms with Crippen LogP contribution in [0.5, 0.6) is 0 Å². The summed E-state index contributed by atoms with van der Waals surface area (Å²) in [4.78, 5) is 18.6. The highest BCUT2D eigenvalue weighted by molar-refractivity contribution is 5.82. The summed E-state index contributed by atoms with van der Waals surface area (Å²) >= 11 is 0. The number of tetrazole rings is 1. The lowest BCUT2D eigenvalue weighted by molar-refractivity contribution is 0.0912. The molecule has 0 saturated carbocycles. The molecule has 1 N–H and O–H groups in total. The van der Waals surface area contributed by atoms with Gasteiger partial charge in [0.05, 0.1) is 18.2 Å². The van der Waals surface area contributed by atoms with Gasteiger partial charge >= 0.3 is 0 Å². The van der Waals surface area contributed by atoms with Crippen LogP contribution < -0.4 is 5.56 Å². The number of benzene rings is 1. The molecule has 1 aromatic carbocycles. The van der Waals surface area contributed by atoms with E-state index >= 15 is 0 Å². The van der Waals surface area contributed by atoms with Gasteiger partial charge in [-0.25, -0.2) is 4.68 Å². The summed E-state index contributed by atoms with van der Waals surface area (Å²) in [5.41, 5.74) is 2.58. The molecular formula is C21H26N6O2. The van der Waals surface area contributed by atoms with Crippen LogP contribution in [0.25, 0.3) is 10.9 Å². The molecule has 8 heteroatoms. The highest BCUT2D eigenvalue weighted by Crippen LogP contribution is 2.30. The summed E-state index contributed by atoms with van der Waals surface area (Å²) in [6.45, 7) is 5.29. The van der Waals surface area contributed by atoms with E-state index in [1.807, 2.05) is 35.9 Å². The fourth-order valence-corrected chi connectivity index (χ4v) is 4.62. The number of nitrogens with one attached hydrogen (secondary N) is 1. The van der Waals surface area contributed by atoms with Gasteiger partial charge < -0.3 is 9.72 Å². The Morgan fingerprint density at radius 2 is 2.14 bits per heavy atom. The van der Waals surface area contributed by atoms with Crippen molar-refractivity contribution in [2.45, 2.75) is 51.3 Å². The van der Waals surface area contributed by atoms with Gasteiger partial charge in [0.15, 0.2) is 5.82 Å². The van der Waals surface area contributed by atoms with E-state index in [0.29, 0.717) is 12.1 Å². The van der Waals surface area contributed by atoms with E-state index in [1.54, 1.807) is 0 Å². The molecule has 2 aliphatic heterocycles. The zero-order valence-electron chi connectivity index (χ0n) is 16.7. The Morgan fingerprint density at radius 3 is 2.93 bits per heavy atom. The first kappa shape index (κ1) is 18.4. The normalized spacial score (nSPS) is 21.2. The quantitative estimate of drug-likeness (QED) is 0.714. The minimum atomic E-state index is -0.262. The minimum Gasteiger partial charge on any atom is -0.376 e. The molecule has 4 heterocycles. The summed E-state index contributed by atoms with van der Waals surface area (Å²) in [6.07, 6.45) is 4.46. The van der Waals surface area contributed by atoms with Crippen LogP contribution in [0.3, 0.4) is 0 Å². The van der Waals surface area contributed by atoms with Gasteiger partial charge in [0.1, 0.15) is 6.04 Å².